The number of nitrogens with one attached hydrogen (secondary N) is 1. The first-order valence-corrected chi connectivity index (χ1v) is 5.15. The molecule has 0 bridgehead atoms. The van der Waals surface area contributed by atoms with Crippen LogP contribution >= 0.6 is 0 Å². The van der Waals surface area contributed by atoms with Gasteiger partial charge in [-0.05, 0) is 25.7 Å². The Morgan fingerprint density at radius 3 is 2.50 bits per heavy atom. The van der Waals surface area contributed by atoms with E-state index in [-0.39, 0.29) is 5.91 Å². The van der Waals surface area contributed by atoms with E-state index in [1.165, 1.54) is 0 Å². The fraction of sp³-hybridized carbons (Fsp3) is 0.818. The Morgan fingerprint density at radius 2 is 2.14 bits per heavy atom. The Morgan fingerprint density at radius 1 is 1.57 bits per heavy atom. The molecule has 0 aliphatic rings. The Bertz CT molecular complexity index is 230. The van der Waals surface area contributed by atoms with Crippen molar-refractivity contribution >= 4 is 5.91 Å². The Hall–Kier alpha value is -1.04. The molecule has 0 aromatic heterocycles. The zero-order valence-electron chi connectivity index (χ0n) is 9.55. The number of rotatable bonds is 5. The summed E-state index contributed by atoms with van der Waals surface area (Å²) in [6.07, 6.45) is 2.02. The zero-order valence-corrected chi connectivity index (χ0v) is 9.55. The fourth-order valence-electron chi connectivity index (χ4n) is 0.985. The number of hydrogen-bond acceptors (Lipinski definition) is 2. The van der Waals surface area contributed by atoms with Gasteiger partial charge in [-0.1, -0.05) is 20.8 Å². The van der Waals surface area contributed by atoms with Gasteiger partial charge in [-0.3, -0.25) is 4.79 Å². The molecular formula is C11H20N2O. The molecule has 0 heterocycles. The zero-order chi connectivity index (χ0) is 11.2. The van der Waals surface area contributed by atoms with Gasteiger partial charge in [-0.15, -0.1) is 0 Å². The fourth-order valence-corrected chi connectivity index (χ4v) is 0.985. The number of amides is 1. The van der Waals surface area contributed by atoms with Gasteiger partial charge in [0.15, 0.2) is 0 Å². The van der Waals surface area contributed by atoms with E-state index in [0.29, 0.717) is 18.8 Å². The molecule has 80 valence electrons. The van der Waals surface area contributed by atoms with Crippen molar-refractivity contribution in [1.29, 1.82) is 5.26 Å². The molecule has 3 nitrogen and oxygen atoms in total. The van der Waals surface area contributed by atoms with Crippen LogP contribution in [0.4, 0.5) is 0 Å². The molecule has 14 heavy (non-hydrogen) atoms. The van der Waals surface area contributed by atoms with Gasteiger partial charge < -0.3 is 5.32 Å². The minimum absolute atomic E-state index is 0.0235. The SMILES string of the molecule is CCC(C)(C#N)NC(=O)CCC(C)C. The molecule has 0 saturated carbocycles. The van der Waals surface area contributed by atoms with Crippen molar-refractivity contribution < 1.29 is 4.79 Å². The van der Waals surface area contributed by atoms with E-state index in [0.717, 1.165) is 6.42 Å². The lowest BCUT2D eigenvalue weighted by Gasteiger charge is -2.21. The van der Waals surface area contributed by atoms with Gasteiger partial charge in [0.2, 0.25) is 5.91 Å². The number of carbonyl (C=O) groups excluding carboxylic acids is 1. The number of nitrogens with zero attached hydrogens (tertiary/aromatic N) is 1. The number of hydrogen-bond donors (Lipinski definition) is 1. The van der Waals surface area contributed by atoms with E-state index in [1.54, 1.807) is 6.92 Å². The van der Waals surface area contributed by atoms with Crippen LogP contribution in [-0.4, -0.2) is 11.4 Å². The summed E-state index contributed by atoms with van der Waals surface area (Å²) < 4.78 is 0. The van der Waals surface area contributed by atoms with Gasteiger partial charge in [0.25, 0.3) is 0 Å². The summed E-state index contributed by atoms with van der Waals surface area (Å²) in [5.41, 5.74) is -0.700. The molecule has 0 aliphatic heterocycles. The van der Waals surface area contributed by atoms with Crippen LogP contribution in [0.15, 0.2) is 0 Å². The molecule has 1 amide bonds. The van der Waals surface area contributed by atoms with Gasteiger partial charge in [0.05, 0.1) is 6.07 Å². The van der Waals surface area contributed by atoms with Crippen LogP contribution in [0.25, 0.3) is 0 Å². The molecule has 3 heteroatoms. The lowest BCUT2D eigenvalue weighted by Crippen LogP contribution is -2.44. The van der Waals surface area contributed by atoms with Crippen molar-refractivity contribution in [3.8, 4) is 6.07 Å². The molecule has 0 aliphatic carbocycles. The monoisotopic (exact) mass is 196 g/mol. The maximum absolute atomic E-state index is 11.4. The third-order valence-electron chi connectivity index (χ3n) is 2.32. The molecular weight excluding hydrogens is 176 g/mol. The average Bonchev–Trinajstić information content (AvgIpc) is 2.14. The summed E-state index contributed by atoms with van der Waals surface area (Å²) >= 11 is 0. The minimum atomic E-state index is -0.700. The van der Waals surface area contributed by atoms with Crippen LogP contribution in [0, 0.1) is 17.2 Å². The molecule has 1 atom stereocenters. The van der Waals surface area contributed by atoms with Crippen molar-refractivity contribution in [2.45, 2.75) is 52.5 Å². The molecule has 0 fully saturated rings. The van der Waals surface area contributed by atoms with E-state index in [1.807, 2.05) is 6.92 Å². The summed E-state index contributed by atoms with van der Waals surface area (Å²) in [4.78, 5) is 11.4. The summed E-state index contributed by atoms with van der Waals surface area (Å²) in [6, 6.07) is 2.11. The van der Waals surface area contributed by atoms with Crippen LogP contribution in [-0.2, 0) is 4.79 Å². The summed E-state index contributed by atoms with van der Waals surface area (Å²) in [5.74, 6) is 0.500. The first kappa shape index (κ1) is 13.0. The van der Waals surface area contributed by atoms with Gasteiger partial charge in [0.1, 0.15) is 5.54 Å². The van der Waals surface area contributed by atoms with Crippen LogP contribution in [0.5, 0.6) is 0 Å². The standard InChI is InChI=1S/C11H20N2O/c1-5-11(4,8-12)13-10(14)7-6-9(2)3/h9H,5-7H2,1-4H3,(H,13,14). The van der Waals surface area contributed by atoms with Crippen LogP contribution in [0.1, 0.15) is 47.0 Å². The van der Waals surface area contributed by atoms with Crippen molar-refractivity contribution in [3.63, 3.8) is 0 Å². The normalized spacial score (nSPS) is 14.6. The Balaban J connectivity index is 4.00. The predicted octanol–water partition coefficient (Wildman–Crippen LogP) is 2.23. The predicted molar refractivity (Wildman–Crippen MR) is 56.5 cm³/mol. The van der Waals surface area contributed by atoms with Crippen molar-refractivity contribution in [2.24, 2.45) is 5.92 Å². The summed E-state index contributed by atoms with van der Waals surface area (Å²) in [6.45, 7) is 7.80. The first-order valence-electron chi connectivity index (χ1n) is 5.15. The molecule has 0 saturated heterocycles. The number of nitriles is 1. The van der Waals surface area contributed by atoms with Gasteiger partial charge in [-0.2, -0.15) is 5.26 Å². The minimum Gasteiger partial charge on any atom is -0.338 e. The topological polar surface area (TPSA) is 52.9 Å². The lowest BCUT2D eigenvalue weighted by molar-refractivity contribution is -0.122. The van der Waals surface area contributed by atoms with Crippen molar-refractivity contribution in [1.82, 2.24) is 5.32 Å². The molecule has 0 spiro atoms. The average molecular weight is 196 g/mol. The third kappa shape index (κ3) is 4.86. The van der Waals surface area contributed by atoms with Gasteiger partial charge >= 0.3 is 0 Å². The van der Waals surface area contributed by atoms with Crippen LogP contribution in [0.3, 0.4) is 0 Å². The summed E-state index contributed by atoms with van der Waals surface area (Å²) in [7, 11) is 0. The highest BCUT2D eigenvalue weighted by Gasteiger charge is 2.23. The van der Waals surface area contributed by atoms with Gasteiger partial charge in [-0.25, -0.2) is 0 Å². The van der Waals surface area contributed by atoms with E-state index >= 15 is 0 Å². The van der Waals surface area contributed by atoms with E-state index in [9.17, 15) is 4.79 Å². The van der Waals surface area contributed by atoms with E-state index in [2.05, 4.69) is 25.2 Å². The van der Waals surface area contributed by atoms with Crippen LogP contribution < -0.4 is 5.32 Å². The highest BCUT2D eigenvalue weighted by Crippen LogP contribution is 2.09. The van der Waals surface area contributed by atoms with Crippen molar-refractivity contribution in [2.75, 3.05) is 0 Å². The van der Waals surface area contributed by atoms with Crippen molar-refractivity contribution in [3.05, 3.63) is 0 Å². The first-order chi connectivity index (χ1) is 6.43. The highest BCUT2D eigenvalue weighted by molar-refractivity contribution is 5.77. The smallest absolute Gasteiger partial charge is 0.221 e. The number of carbonyl (C=O) groups is 1. The van der Waals surface area contributed by atoms with E-state index in [4.69, 9.17) is 5.26 Å². The highest BCUT2D eigenvalue weighted by atomic mass is 16.1. The second-order valence-electron chi connectivity index (χ2n) is 4.28. The maximum atomic E-state index is 11.4. The lowest BCUT2D eigenvalue weighted by atomic mass is 10.0. The van der Waals surface area contributed by atoms with Crippen LogP contribution in [0.2, 0.25) is 0 Å². The quantitative estimate of drug-likeness (QED) is 0.733. The second kappa shape index (κ2) is 5.64. The Labute approximate surface area is 86.5 Å². The molecule has 0 radical (unpaired) electrons. The summed E-state index contributed by atoms with van der Waals surface area (Å²) in [5, 5.41) is 11.6. The molecule has 1 unspecified atom stereocenters. The maximum Gasteiger partial charge on any atom is 0.221 e. The molecule has 1 N–H and O–H groups in total. The van der Waals surface area contributed by atoms with Gasteiger partial charge in [0, 0.05) is 6.42 Å². The molecule has 0 rings (SSSR count). The molecule has 0 aromatic carbocycles. The second-order valence-corrected chi connectivity index (χ2v) is 4.28. The third-order valence-corrected chi connectivity index (χ3v) is 2.32. The largest absolute Gasteiger partial charge is 0.338 e. The van der Waals surface area contributed by atoms with E-state index < -0.39 is 5.54 Å². The molecule has 0 aromatic rings. The Kier molecular flexibility index (Phi) is 5.22.